The predicted octanol–water partition coefficient (Wildman–Crippen LogP) is 3.78. The quantitative estimate of drug-likeness (QED) is 0.707. The Morgan fingerprint density at radius 2 is 1.59 bits per heavy atom. The topological polar surface area (TPSA) is 71.1 Å². The van der Waals surface area contributed by atoms with Crippen molar-refractivity contribution in [3.8, 4) is 11.5 Å². The van der Waals surface area contributed by atoms with Crippen LogP contribution < -0.4 is 19.7 Å². The monoisotopic (exact) mass is 459 g/mol. The second-order valence-corrected chi connectivity index (χ2v) is 7.84. The molecule has 1 saturated heterocycles. The summed E-state index contributed by atoms with van der Waals surface area (Å²) in [7, 11) is 0. The first-order valence-corrected chi connectivity index (χ1v) is 10.3. The predicted molar refractivity (Wildman–Crippen MR) is 114 cm³/mol. The molecule has 4 rings (SSSR count). The van der Waals surface area contributed by atoms with Crippen molar-refractivity contribution in [2.45, 2.75) is 6.92 Å². The number of hydrogen-bond donors (Lipinski definition) is 1. The first kappa shape index (κ1) is 19.6. The molecule has 0 atom stereocenters. The van der Waals surface area contributed by atoms with Gasteiger partial charge >= 0.3 is 6.03 Å². The van der Waals surface area contributed by atoms with Crippen LogP contribution in [0.1, 0.15) is 17.3 Å². The zero-order chi connectivity index (χ0) is 20.4. The van der Waals surface area contributed by atoms with Crippen molar-refractivity contribution < 1.29 is 19.1 Å². The summed E-state index contributed by atoms with van der Waals surface area (Å²) < 4.78 is 11.9. The second-order valence-electron chi connectivity index (χ2n) is 6.98. The maximum absolute atomic E-state index is 12.7. The van der Waals surface area contributed by atoms with Crippen molar-refractivity contribution >= 4 is 39.1 Å². The molecule has 0 saturated carbocycles. The Hall–Kier alpha value is -2.74. The molecule has 0 radical (unpaired) electrons. The summed E-state index contributed by atoms with van der Waals surface area (Å²) in [5.41, 5.74) is 2.42. The van der Waals surface area contributed by atoms with Gasteiger partial charge in [-0.05, 0) is 47.1 Å². The Balaban J connectivity index is 1.36. The number of amides is 2. The van der Waals surface area contributed by atoms with Gasteiger partial charge in [0, 0.05) is 54.0 Å². The average molecular weight is 460 g/mol. The number of nitrogens with zero attached hydrogens (tertiary/aromatic N) is 2. The standard InChI is InChI=1S/C21H22BrN3O4/c1-14(26)15-2-4-16(5-3-15)24-6-8-25(9-7-24)21(27)23-18-13-20-19(12-17(18)22)28-10-11-29-20/h2-5,12-13H,6-11H2,1H3,(H,23,27). The highest BCUT2D eigenvalue weighted by atomic mass is 79.9. The number of urea groups is 1. The van der Waals surface area contributed by atoms with E-state index in [9.17, 15) is 9.59 Å². The van der Waals surface area contributed by atoms with Crippen molar-refractivity contribution in [1.29, 1.82) is 0 Å². The summed E-state index contributed by atoms with van der Waals surface area (Å²) in [5.74, 6) is 1.36. The number of piperazine rings is 1. The summed E-state index contributed by atoms with van der Waals surface area (Å²) in [4.78, 5) is 28.1. The number of fused-ring (bicyclic) bond motifs is 1. The van der Waals surface area contributed by atoms with Crippen LogP contribution in [0, 0.1) is 0 Å². The first-order valence-electron chi connectivity index (χ1n) is 9.52. The SMILES string of the molecule is CC(=O)c1ccc(N2CCN(C(=O)Nc3cc4c(cc3Br)OCCO4)CC2)cc1. The average Bonchev–Trinajstić information content (AvgIpc) is 2.74. The van der Waals surface area contributed by atoms with Crippen LogP contribution in [-0.2, 0) is 0 Å². The number of Topliss-reactive ketones (excluding diaryl/α,β-unsaturated/α-hetero) is 1. The lowest BCUT2D eigenvalue weighted by atomic mass is 10.1. The molecule has 0 bridgehead atoms. The summed E-state index contributed by atoms with van der Waals surface area (Å²) in [6.07, 6.45) is 0. The van der Waals surface area contributed by atoms with Gasteiger partial charge in [-0.2, -0.15) is 0 Å². The third-order valence-electron chi connectivity index (χ3n) is 5.08. The third kappa shape index (κ3) is 4.32. The highest BCUT2D eigenvalue weighted by Crippen LogP contribution is 2.38. The molecule has 0 aliphatic carbocycles. The smallest absolute Gasteiger partial charge is 0.322 e. The van der Waals surface area contributed by atoms with Crippen LogP contribution in [0.15, 0.2) is 40.9 Å². The van der Waals surface area contributed by atoms with Crippen molar-refractivity contribution in [3.05, 3.63) is 46.4 Å². The Morgan fingerprint density at radius 1 is 0.966 bits per heavy atom. The third-order valence-corrected chi connectivity index (χ3v) is 5.74. The summed E-state index contributed by atoms with van der Waals surface area (Å²) in [6, 6.07) is 11.0. The summed E-state index contributed by atoms with van der Waals surface area (Å²) in [6.45, 7) is 5.27. The van der Waals surface area contributed by atoms with Crippen LogP contribution in [0.25, 0.3) is 0 Å². The van der Waals surface area contributed by atoms with Gasteiger partial charge in [-0.3, -0.25) is 4.79 Å². The molecule has 1 N–H and O–H groups in total. The van der Waals surface area contributed by atoms with Gasteiger partial charge in [0.25, 0.3) is 0 Å². The fourth-order valence-corrected chi connectivity index (χ4v) is 3.85. The largest absolute Gasteiger partial charge is 0.486 e. The highest BCUT2D eigenvalue weighted by molar-refractivity contribution is 9.10. The summed E-state index contributed by atoms with van der Waals surface area (Å²) in [5, 5.41) is 2.95. The van der Waals surface area contributed by atoms with Crippen molar-refractivity contribution in [1.82, 2.24) is 4.90 Å². The molecule has 0 spiro atoms. The highest BCUT2D eigenvalue weighted by Gasteiger charge is 2.23. The molecule has 2 amide bonds. The van der Waals surface area contributed by atoms with Gasteiger partial charge in [0.05, 0.1) is 5.69 Å². The number of ether oxygens (including phenoxy) is 2. The van der Waals surface area contributed by atoms with E-state index in [0.29, 0.717) is 49.1 Å². The van der Waals surface area contributed by atoms with Crippen LogP contribution in [0.5, 0.6) is 11.5 Å². The van der Waals surface area contributed by atoms with Gasteiger partial charge < -0.3 is 24.6 Å². The van der Waals surface area contributed by atoms with E-state index in [1.165, 1.54) is 0 Å². The zero-order valence-electron chi connectivity index (χ0n) is 16.1. The lowest BCUT2D eigenvalue weighted by Crippen LogP contribution is -2.50. The van der Waals surface area contributed by atoms with Crippen molar-refractivity contribution in [2.75, 3.05) is 49.6 Å². The minimum atomic E-state index is -0.144. The molecule has 0 unspecified atom stereocenters. The van der Waals surface area contributed by atoms with Gasteiger partial charge in [0.15, 0.2) is 17.3 Å². The number of carbonyl (C=O) groups is 2. The van der Waals surface area contributed by atoms with E-state index in [2.05, 4.69) is 26.1 Å². The summed E-state index contributed by atoms with van der Waals surface area (Å²) >= 11 is 3.48. The number of rotatable bonds is 3. The van der Waals surface area contributed by atoms with E-state index in [4.69, 9.17) is 9.47 Å². The molecule has 2 aromatic rings. The molecule has 152 valence electrons. The molecule has 29 heavy (non-hydrogen) atoms. The molecular formula is C21H22BrN3O4. The van der Waals surface area contributed by atoms with Gasteiger partial charge in [0.1, 0.15) is 13.2 Å². The number of halogens is 1. The molecule has 2 heterocycles. The van der Waals surface area contributed by atoms with Gasteiger partial charge in [0.2, 0.25) is 0 Å². The van der Waals surface area contributed by atoms with Crippen molar-refractivity contribution in [3.63, 3.8) is 0 Å². The van der Waals surface area contributed by atoms with Gasteiger partial charge in [-0.1, -0.05) is 0 Å². The lowest BCUT2D eigenvalue weighted by Gasteiger charge is -2.36. The molecule has 2 aliphatic rings. The second kappa shape index (κ2) is 8.32. The normalized spacial score (nSPS) is 15.8. The minimum Gasteiger partial charge on any atom is -0.486 e. The van der Waals surface area contributed by atoms with E-state index < -0.39 is 0 Å². The fourth-order valence-electron chi connectivity index (χ4n) is 3.43. The minimum absolute atomic E-state index is 0.0586. The first-order chi connectivity index (χ1) is 14.0. The molecule has 2 aliphatic heterocycles. The molecule has 2 aromatic carbocycles. The van der Waals surface area contributed by atoms with Crippen LogP contribution in [-0.4, -0.2) is 56.1 Å². The van der Waals surface area contributed by atoms with Crippen LogP contribution in [0.3, 0.4) is 0 Å². The molecule has 7 nitrogen and oxygen atoms in total. The number of ketones is 1. The van der Waals surface area contributed by atoms with E-state index in [-0.39, 0.29) is 11.8 Å². The molecular weight excluding hydrogens is 438 g/mol. The Labute approximate surface area is 177 Å². The maximum Gasteiger partial charge on any atom is 0.322 e. The molecule has 8 heteroatoms. The number of anilines is 2. The lowest BCUT2D eigenvalue weighted by molar-refractivity contribution is 0.101. The molecule has 1 fully saturated rings. The van der Waals surface area contributed by atoms with Crippen molar-refractivity contribution in [2.24, 2.45) is 0 Å². The number of hydrogen-bond acceptors (Lipinski definition) is 5. The van der Waals surface area contributed by atoms with Crippen LogP contribution in [0.2, 0.25) is 0 Å². The van der Waals surface area contributed by atoms with Crippen LogP contribution >= 0.6 is 15.9 Å². The number of nitrogens with one attached hydrogen (secondary N) is 1. The number of benzene rings is 2. The Bertz CT molecular complexity index is 924. The number of carbonyl (C=O) groups excluding carboxylic acids is 2. The van der Waals surface area contributed by atoms with E-state index in [1.807, 2.05) is 30.3 Å². The van der Waals surface area contributed by atoms with Gasteiger partial charge in [-0.25, -0.2) is 4.79 Å². The van der Waals surface area contributed by atoms with E-state index >= 15 is 0 Å². The fraction of sp³-hybridized carbons (Fsp3) is 0.333. The Kier molecular flexibility index (Phi) is 5.62. The maximum atomic E-state index is 12.7. The van der Waals surface area contributed by atoms with E-state index in [1.54, 1.807) is 17.9 Å². The van der Waals surface area contributed by atoms with Gasteiger partial charge in [-0.15, -0.1) is 0 Å². The Morgan fingerprint density at radius 3 is 2.21 bits per heavy atom. The van der Waals surface area contributed by atoms with E-state index in [0.717, 1.165) is 23.2 Å². The zero-order valence-corrected chi connectivity index (χ0v) is 17.7. The van der Waals surface area contributed by atoms with Crippen LogP contribution in [0.4, 0.5) is 16.2 Å². The molecule has 0 aromatic heterocycles.